The molecule has 0 saturated carbocycles. The molecule has 178 valence electrons. The summed E-state index contributed by atoms with van der Waals surface area (Å²) in [5.41, 5.74) is 2.32. The van der Waals surface area contributed by atoms with Gasteiger partial charge in [-0.3, -0.25) is 9.59 Å². The number of anilines is 3. The average molecular weight is 485 g/mol. The summed E-state index contributed by atoms with van der Waals surface area (Å²) in [6.45, 7) is 3.16. The first-order valence-corrected chi connectivity index (χ1v) is 11.8. The normalized spacial score (nSPS) is 13.5. The van der Waals surface area contributed by atoms with Crippen LogP contribution in [0.4, 0.5) is 21.5 Å². The minimum absolute atomic E-state index is 0.00310. The van der Waals surface area contributed by atoms with Crippen molar-refractivity contribution in [1.29, 1.82) is 0 Å². The number of nitrogens with one attached hydrogen (secondary N) is 2. The highest BCUT2D eigenvalue weighted by Gasteiger charge is 2.15. The number of thioether (sulfide) groups is 1. The molecule has 1 saturated heterocycles. The van der Waals surface area contributed by atoms with E-state index in [9.17, 15) is 14.0 Å². The monoisotopic (exact) mass is 484 g/mol. The topological polar surface area (TPSA) is 101 Å². The molecule has 11 heteroatoms. The predicted molar refractivity (Wildman–Crippen MR) is 129 cm³/mol. The molecule has 2 aromatic carbocycles. The number of carbonyl (C=O) groups excluding carboxylic acids is 2. The number of halogens is 1. The lowest BCUT2D eigenvalue weighted by Crippen LogP contribution is -2.36. The molecule has 1 aromatic heterocycles. The van der Waals surface area contributed by atoms with Gasteiger partial charge in [0.1, 0.15) is 11.6 Å². The highest BCUT2D eigenvalue weighted by atomic mass is 32.2. The van der Waals surface area contributed by atoms with Gasteiger partial charge < -0.3 is 24.8 Å². The van der Waals surface area contributed by atoms with Gasteiger partial charge in [0.2, 0.25) is 11.8 Å². The molecule has 0 spiro atoms. The van der Waals surface area contributed by atoms with Gasteiger partial charge in [-0.2, -0.15) is 0 Å². The molecule has 1 aliphatic heterocycles. The van der Waals surface area contributed by atoms with E-state index in [1.54, 1.807) is 11.6 Å². The first-order valence-electron chi connectivity index (χ1n) is 10.8. The van der Waals surface area contributed by atoms with Crippen LogP contribution in [0.1, 0.15) is 5.82 Å². The quantitative estimate of drug-likeness (QED) is 0.474. The second kappa shape index (κ2) is 11.1. The maximum Gasteiger partial charge on any atom is 0.234 e. The number of hydrogen-bond donors (Lipinski definition) is 2. The Morgan fingerprint density at radius 2 is 1.59 bits per heavy atom. The molecule has 0 atom stereocenters. The Morgan fingerprint density at radius 3 is 2.26 bits per heavy atom. The number of rotatable bonds is 8. The largest absolute Gasteiger partial charge is 0.378 e. The number of benzene rings is 2. The second-order valence-corrected chi connectivity index (χ2v) is 8.62. The van der Waals surface area contributed by atoms with Crippen LogP contribution in [-0.2, 0) is 27.8 Å². The summed E-state index contributed by atoms with van der Waals surface area (Å²) in [6, 6.07) is 13.3. The van der Waals surface area contributed by atoms with Crippen LogP contribution in [0.3, 0.4) is 0 Å². The Hall–Kier alpha value is -3.44. The van der Waals surface area contributed by atoms with Crippen LogP contribution in [0.2, 0.25) is 0 Å². The Balaban J connectivity index is 1.25. The van der Waals surface area contributed by atoms with Gasteiger partial charge in [-0.25, -0.2) is 4.39 Å². The molecular formula is C23H25FN6O3S. The predicted octanol–water partition coefficient (Wildman–Crippen LogP) is 2.70. The number of morpholine rings is 1. The van der Waals surface area contributed by atoms with Crippen molar-refractivity contribution in [2.75, 3.05) is 47.6 Å². The van der Waals surface area contributed by atoms with Crippen LogP contribution in [-0.4, -0.2) is 58.6 Å². The third kappa shape index (κ3) is 6.33. The first-order chi connectivity index (χ1) is 16.5. The van der Waals surface area contributed by atoms with E-state index in [0.717, 1.165) is 37.7 Å². The molecule has 2 amide bonds. The van der Waals surface area contributed by atoms with Gasteiger partial charge >= 0.3 is 0 Å². The third-order valence-corrected chi connectivity index (χ3v) is 6.25. The summed E-state index contributed by atoms with van der Waals surface area (Å²) in [7, 11) is 1.74. The van der Waals surface area contributed by atoms with E-state index in [1.165, 1.54) is 36.0 Å². The van der Waals surface area contributed by atoms with Gasteiger partial charge in [-0.15, -0.1) is 10.2 Å². The summed E-state index contributed by atoms with van der Waals surface area (Å²) < 4.78 is 20.0. The Bertz CT molecular complexity index is 1130. The van der Waals surface area contributed by atoms with Crippen molar-refractivity contribution >= 4 is 40.6 Å². The van der Waals surface area contributed by atoms with E-state index >= 15 is 0 Å². The lowest BCUT2D eigenvalue weighted by molar-refractivity contribution is -0.116. The fourth-order valence-electron chi connectivity index (χ4n) is 3.41. The summed E-state index contributed by atoms with van der Waals surface area (Å²) in [5, 5.41) is 14.2. The summed E-state index contributed by atoms with van der Waals surface area (Å²) in [4.78, 5) is 26.9. The van der Waals surface area contributed by atoms with Crippen molar-refractivity contribution in [3.63, 3.8) is 0 Å². The average Bonchev–Trinajstić information content (AvgIpc) is 3.19. The van der Waals surface area contributed by atoms with Crippen molar-refractivity contribution in [1.82, 2.24) is 14.8 Å². The maximum atomic E-state index is 13.0. The van der Waals surface area contributed by atoms with Crippen LogP contribution in [0.15, 0.2) is 53.7 Å². The third-order valence-electron chi connectivity index (χ3n) is 5.23. The summed E-state index contributed by atoms with van der Waals surface area (Å²) in [6.07, 6.45) is 0.00310. The highest BCUT2D eigenvalue weighted by molar-refractivity contribution is 7.99. The van der Waals surface area contributed by atoms with Crippen molar-refractivity contribution in [2.24, 2.45) is 7.05 Å². The van der Waals surface area contributed by atoms with E-state index in [2.05, 4.69) is 25.7 Å². The van der Waals surface area contributed by atoms with Crippen molar-refractivity contribution in [3.05, 3.63) is 60.2 Å². The van der Waals surface area contributed by atoms with Gasteiger partial charge in [-0.05, 0) is 48.5 Å². The Labute approximate surface area is 200 Å². The maximum absolute atomic E-state index is 13.0. The molecule has 0 radical (unpaired) electrons. The minimum Gasteiger partial charge on any atom is -0.378 e. The minimum atomic E-state index is -0.373. The van der Waals surface area contributed by atoms with E-state index < -0.39 is 0 Å². The molecular weight excluding hydrogens is 459 g/mol. The molecule has 34 heavy (non-hydrogen) atoms. The molecule has 0 aliphatic carbocycles. The first kappa shape index (κ1) is 23.7. The van der Waals surface area contributed by atoms with Crippen molar-refractivity contribution < 1.29 is 18.7 Å². The van der Waals surface area contributed by atoms with E-state index in [-0.39, 0.29) is 29.8 Å². The van der Waals surface area contributed by atoms with Crippen LogP contribution in [0.25, 0.3) is 0 Å². The number of carbonyl (C=O) groups is 2. The molecule has 9 nitrogen and oxygen atoms in total. The van der Waals surface area contributed by atoms with Crippen LogP contribution in [0, 0.1) is 5.82 Å². The molecule has 1 fully saturated rings. The molecule has 3 aromatic rings. The molecule has 0 bridgehead atoms. The number of amides is 2. The van der Waals surface area contributed by atoms with Gasteiger partial charge in [0, 0.05) is 37.2 Å². The highest BCUT2D eigenvalue weighted by Crippen LogP contribution is 2.20. The fourth-order valence-corrected chi connectivity index (χ4v) is 4.14. The van der Waals surface area contributed by atoms with Gasteiger partial charge in [0.25, 0.3) is 0 Å². The second-order valence-electron chi connectivity index (χ2n) is 7.67. The molecule has 1 aliphatic rings. The molecule has 2 heterocycles. The number of nitrogens with zero attached hydrogens (tertiary/aromatic N) is 4. The zero-order valence-electron chi connectivity index (χ0n) is 18.7. The van der Waals surface area contributed by atoms with E-state index in [0.29, 0.717) is 16.7 Å². The van der Waals surface area contributed by atoms with Crippen molar-refractivity contribution in [2.45, 2.75) is 11.6 Å². The van der Waals surface area contributed by atoms with Gasteiger partial charge in [0.15, 0.2) is 5.16 Å². The number of hydrogen-bond acceptors (Lipinski definition) is 7. The zero-order chi connectivity index (χ0) is 23.9. The standard InChI is InChI=1S/C23H25FN6O3S/c1-29-20(14-21(31)25-17-4-2-16(24)3-5-17)27-28-23(29)34-15-22(32)26-18-6-8-19(9-7-18)30-10-12-33-13-11-30/h2-9H,10-15H2,1H3,(H,25,31)(H,26,32). The Morgan fingerprint density at radius 1 is 0.971 bits per heavy atom. The SMILES string of the molecule is Cn1c(CC(=O)Nc2ccc(F)cc2)nnc1SCC(=O)Nc1ccc(N2CCOCC2)cc1. The molecule has 0 unspecified atom stereocenters. The van der Waals surface area contributed by atoms with E-state index in [1.807, 2.05) is 24.3 Å². The van der Waals surface area contributed by atoms with Crippen molar-refractivity contribution in [3.8, 4) is 0 Å². The van der Waals surface area contributed by atoms with E-state index in [4.69, 9.17) is 4.74 Å². The number of ether oxygens (including phenoxy) is 1. The lowest BCUT2D eigenvalue weighted by Gasteiger charge is -2.28. The Kier molecular flexibility index (Phi) is 7.76. The van der Waals surface area contributed by atoms with Gasteiger partial charge in [0.05, 0.1) is 25.4 Å². The smallest absolute Gasteiger partial charge is 0.234 e. The van der Waals surface area contributed by atoms with Crippen LogP contribution >= 0.6 is 11.8 Å². The lowest BCUT2D eigenvalue weighted by atomic mass is 10.2. The molecule has 2 N–H and O–H groups in total. The van der Waals surface area contributed by atoms with Crippen LogP contribution in [0.5, 0.6) is 0 Å². The number of aromatic nitrogens is 3. The fraction of sp³-hybridized carbons (Fsp3) is 0.304. The van der Waals surface area contributed by atoms with Gasteiger partial charge in [-0.1, -0.05) is 11.8 Å². The molecule has 4 rings (SSSR count). The summed E-state index contributed by atoms with van der Waals surface area (Å²) in [5.74, 6) is -0.221. The summed E-state index contributed by atoms with van der Waals surface area (Å²) >= 11 is 1.24. The van der Waals surface area contributed by atoms with Crippen LogP contribution < -0.4 is 15.5 Å². The zero-order valence-corrected chi connectivity index (χ0v) is 19.5.